The van der Waals surface area contributed by atoms with Crippen molar-refractivity contribution in [1.82, 2.24) is 14.9 Å². The highest BCUT2D eigenvalue weighted by Gasteiger charge is 2.24. The van der Waals surface area contributed by atoms with E-state index >= 15 is 0 Å². The van der Waals surface area contributed by atoms with Crippen LogP contribution in [0.1, 0.15) is 69.9 Å². The molecule has 8 nitrogen and oxygen atoms in total. The lowest BCUT2D eigenvalue weighted by Crippen LogP contribution is -2.49. The summed E-state index contributed by atoms with van der Waals surface area (Å²) in [4.78, 5) is 24.5. The third-order valence-corrected chi connectivity index (χ3v) is 7.38. The Balaban J connectivity index is 1.48. The van der Waals surface area contributed by atoms with Gasteiger partial charge in [-0.15, -0.1) is 0 Å². The van der Waals surface area contributed by atoms with E-state index in [2.05, 4.69) is 10.0 Å². The minimum Gasteiger partial charge on any atom is -0.490 e. The number of ether oxygens (including phenoxy) is 1. The molecule has 3 amide bonds. The van der Waals surface area contributed by atoms with Crippen molar-refractivity contribution in [2.45, 2.75) is 64.3 Å². The number of hydrogen-bond acceptors (Lipinski definition) is 5. The number of halogens is 1. The van der Waals surface area contributed by atoms with Gasteiger partial charge in [-0.05, 0) is 55.7 Å². The summed E-state index contributed by atoms with van der Waals surface area (Å²) >= 11 is 0. The molecule has 3 rings (SSSR count). The van der Waals surface area contributed by atoms with E-state index in [4.69, 9.17) is 4.74 Å². The highest BCUT2D eigenvalue weighted by molar-refractivity contribution is 7.89. The zero-order valence-electron chi connectivity index (χ0n) is 19.1. The third kappa shape index (κ3) is 8.26. The highest BCUT2D eigenvalue weighted by atomic mass is 32.2. The Kier molecular flexibility index (Phi) is 9.08. The molecule has 10 heteroatoms. The van der Waals surface area contributed by atoms with Gasteiger partial charge in [0, 0.05) is 25.6 Å². The number of carbonyl (C=O) groups is 2. The van der Waals surface area contributed by atoms with Gasteiger partial charge < -0.3 is 9.64 Å². The molecule has 0 unspecified atom stereocenters. The molecule has 0 bridgehead atoms. The first kappa shape index (κ1) is 25.4. The molecule has 2 fully saturated rings. The van der Waals surface area contributed by atoms with Gasteiger partial charge in [0.15, 0.2) is 11.6 Å². The maximum Gasteiger partial charge on any atom is 0.324 e. The fourth-order valence-corrected chi connectivity index (χ4v) is 5.17. The number of unbranched alkanes of at least 4 members (excludes halogenated alkanes) is 2. The van der Waals surface area contributed by atoms with E-state index in [0.29, 0.717) is 63.3 Å². The summed E-state index contributed by atoms with van der Waals surface area (Å²) in [5.41, 5.74) is 0.693. The Hall–Kier alpha value is -2.20. The van der Waals surface area contributed by atoms with E-state index < -0.39 is 21.9 Å². The summed E-state index contributed by atoms with van der Waals surface area (Å²) in [6.45, 7) is 3.34. The Morgan fingerprint density at radius 1 is 1.24 bits per heavy atom. The van der Waals surface area contributed by atoms with Crippen molar-refractivity contribution < 1.29 is 27.1 Å². The van der Waals surface area contributed by atoms with Crippen LogP contribution < -0.4 is 14.8 Å². The van der Waals surface area contributed by atoms with Crippen LogP contribution >= 0.6 is 0 Å². The number of amides is 3. The zero-order chi connectivity index (χ0) is 23.8. The maximum absolute atomic E-state index is 14.1. The van der Waals surface area contributed by atoms with Crippen LogP contribution in [0.15, 0.2) is 18.2 Å². The molecule has 2 aliphatic rings. The predicted molar refractivity (Wildman–Crippen MR) is 123 cm³/mol. The smallest absolute Gasteiger partial charge is 0.324 e. The van der Waals surface area contributed by atoms with Gasteiger partial charge in [-0.2, -0.15) is 0 Å². The topological polar surface area (TPSA) is 105 Å². The summed E-state index contributed by atoms with van der Waals surface area (Å²) in [5.74, 6) is -0.0700. The lowest BCUT2D eigenvalue weighted by Gasteiger charge is -2.26. The van der Waals surface area contributed by atoms with Crippen LogP contribution in [0.25, 0.3) is 0 Å². The predicted octanol–water partition coefficient (Wildman–Crippen LogP) is 3.49. The van der Waals surface area contributed by atoms with Gasteiger partial charge in [0.1, 0.15) is 0 Å². The number of benzene rings is 1. The number of nitrogens with one attached hydrogen (secondary N) is 2. The standard InChI is InChI=1S/C23H34FN3O5S/c1-2-6-20(18-9-10-19(24)21(15-18)32-16-17-7-8-17)26-33(30,31)14-5-3-4-12-27-13-11-22(28)25-23(27)29/h9-10,15,17,20,26H,2-8,11-14,16H2,1H3,(H,25,28,29)/t20-/m1/s1. The first-order valence-electron chi connectivity index (χ1n) is 11.8. The Morgan fingerprint density at radius 3 is 2.73 bits per heavy atom. The van der Waals surface area contributed by atoms with Crippen LogP contribution in [0.3, 0.4) is 0 Å². The number of sulfonamides is 1. The average molecular weight is 484 g/mol. The van der Waals surface area contributed by atoms with Crippen molar-refractivity contribution >= 4 is 22.0 Å². The molecule has 1 saturated heterocycles. The lowest BCUT2D eigenvalue weighted by atomic mass is 10.0. The molecule has 1 atom stereocenters. The highest BCUT2D eigenvalue weighted by Crippen LogP contribution is 2.31. The fourth-order valence-electron chi connectivity index (χ4n) is 3.78. The summed E-state index contributed by atoms with van der Waals surface area (Å²) in [6, 6.07) is 3.71. The van der Waals surface area contributed by atoms with Crippen LogP contribution in [0.4, 0.5) is 9.18 Å². The normalized spacial score (nSPS) is 17.7. The van der Waals surface area contributed by atoms with E-state index in [1.54, 1.807) is 17.0 Å². The molecular weight excluding hydrogens is 449 g/mol. The summed E-state index contributed by atoms with van der Waals surface area (Å²) in [7, 11) is -3.54. The van der Waals surface area contributed by atoms with Gasteiger partial charge in [0.05, 0.1) is 12.4 Å². The number of carbonyl (C=O) groups excluding carboxylic acids is 2. The molecule has 1 aliphatic heterocycles. The van der Waals surface area contributed by atoms with Crippen molar-refractivity contribution in [3.8, 4) is 5.75 Å². The fraction of sp³-hybridized carbons (Fsp3) is 0.652. The first-order chi connectivity index (χ1) is 15.8. The van der Waals surface area contributed by atoms with E-state index in [1.807, 2.05) is 6.92 Å². The number of hydrogen-bond donors (Lipinski definition) is 2. The van der Waals surface area contributed by atoms with Crippen molar-refractivity contribution in [1.29, 1.82) is 0 Å². The van der Waals surface area contributed by atoms with E-state index in [1.165, 1.54) is 6.07 Å². The van der Waals surface area contributed by atoms with E-state index in [9.17, 15) is 22.4 Å². The van der Waals surface area contributed by atoms with Gasteiger partial charge >= 0.3 is 6.03 Å². The molecule has 0 radical (unpaired) electrons. The molecule has 33 heavy (non-hydrogen) atoms. The maximum atomic E-state index is 14.1. The van der Waals surface area contributed by atoms with Crippen LogP contribution in [-0.4, -0.2) is 50.7 Å². The average Bonchev–Trinajstić information content (AvgIpc) is 3.58. The Morgan fingerprint density at radius 2 is 2.03 bits per heavy atom. The summed E-state index contributed by atoms with van der Waals surface area (Å²) in [5, 5.41) is 2.28. The Bertz CT molecular complexity index is 936. The minimum atomic E-state index is -3.54. The molecular formula is C23H34FN3O5S. The van der Waals surface area contributed by atoms with Crippen molar-refractivity contribution in [3.05, 3.63) is 29.6 Å². The van der Waals surface area contributed by atoms with Gasteiger partial charge in [-0.3, -0.25) is 10.1 Å². The molecule has 184 valence electrons. The van der Waals surface area contributed by atoms with Crippen LogP contribution in [0.5, 0.6) is 5.75 Å². The molecule has 0 aromatic heterocycles. The number of imide groups is 1. The van der Waals surface area contributed by atoms with Gasteiger partial charge in [0.2, 0.25) is 15.9 Å². The van der Waals surface area contributed by atoms with Crippen molar-refractivity contribution in [2.75, 3.05) is 25.4 Å². The van der Waals surface area contributed by atoms with E-state index in [-0.39, 0.29) is 23.4 Å². The van der Waals surface area contributed by atoms with Gasteiger partial charge in [-0.1, -0.05) is 25.8 Å². The zero-order valence-corrected chi connectivity index (χ0v) is 20.0. The minimum absolute atomic E-state index is 0.0237. The van der Waals surface area contributed by atoms with Gasteiger partial charge in [0.25, 0.3) is 0 Å². The second-order valence-electron chi connectivity index (χ2n) is 8.87. The summed E-state index contributed by atoms with van der Waals surface area (Å²) in [6.07, 6.45) is 5.62. The molecule has 1 aromatic rings. The Labute approximate surface area is 195 Å². The monoisotopic (exact) mass is 483 g/mol. The SMILES string of the molecule is CCC[C@@H](NS(=O)(=O)CCCCCN1CCC(=O)NC1=O)c1ccc(F)c(OCC2CC2)c1. The largest absolute Gasteiger partial charge is 0.490 e. The molecule has 1 aliphatic carbocycles. The molecule has 0 spiro atoms. The van der Waals surface area contributed by atoms with Crippen LogP contribution in [-0.2, 0) is 14.8 Å². The molecule has 2 N–H and O–H groups in total. The molecule has 1 heterocycles. The third-order valence-electron chi connectivity index (χ3n) is 5.91. The summed E-state index contributed by atoms with van der Waals surface area (Å²) < 4.78 is 47.9. The second-order valence-corrected chi connectivity index (χ2v) is 10.7. The van der Waals surface area contributed by atoms with Crippen LogP contribution in [0.2, 0.25) is 0 Å². The first-order valence-corrected chi connectivity index (χ1v) is 13.4. The van der Waals surface area contributed by atoms with E-state index in [0.717, 1.165) is 19.3 Å². The molecule has 1 aromatic carbocycles. The lowest BCUT2D eigenvalue weighted by molar-refractivity contribution is -0.121. The van der Waals surface area contributed by atoms with Crippen molar-refractivity contribution in [3.63, 3.8) is 0 Å². The second kappa shape index (κ2) is 11.8. The molecule has 1 saturated carbocycles. The number of urea groups is 1. The van der Waals surface area contributed by atoms with Crippen LogP contribution in [0, 0.1) is 11.7 Å². The quantitative estimate of drug-likeness (QED) is 0.394. The number of rotatable bonds is 14. The van der Waals surface area contributed by atoms with Gasteiger partial charge in [-0.25, -0.2) is 22.3 Å². The number of nitrogens with zero attached hydrogens (tertiary/aromatic N) is 1. The van der Waals surface area contributed by atoms with Crippen molar-refractivity contribution in [2.24, 2.45) is 5.92 Å².